The van der Waals surface area contributed by atoms with Crippen LogP contribution in [0.2, 0.25) is 0 Å². The first-order valence-corrected chi connectivity index (χ1v) is 8.47. The Labute approximate surface area is 126 Å². The molecule has 2 fully saturated rings. The molecule has 1 aromatic heterocycles. The second-order valence-corrected chi connectivity index (χ2v) is 8.93. The summed E-state index contributed by atoms with van der Waals surface area (Å²) in [5.74, 6) is 0.529. The minimum atomic E-state index is -0.170. The van der Waals surface area contributed by atoms with Crippen LogP contribution < -0.4 is 0 Å². The van der Waals surface area contributed by atoms with Crippen LogP contribution in [0.4, 0.5) is 0 Å². The molecule has 1 heterocycles. The molecule has 0 radical (unpaired) electrons. The minimum absolute atomic E-state index is 0.0763. The molecular formula is C15H19BrO2S. The molecule has 3 atom stereocenters. The first-order valence-electron chi connectivity index (χ1n) is 6.79. The van der Waals surface area contributed by atoms with Crippen molar-refractivity contribution in [3.63, 3.8) is 0 Å². The van der Waals surface area contributed by atoms with Gasteiger partial charge in [0, 0.05) is 10.8 Å². The van der Waals surface area contributed by atoms with Gasteiger partial charge in [0.1, 0.15) is 6.10 Å². The van der Waals surface area contributed by atoms with E-state index in [1.54, 1.807) is 0 Å². The molecule has 0 amide bonds. The molecule has 0 N–H and O–H groups in total. The van der Waals surface area contributed by atoms with E-state index in [9.17, 15) is 4.79 Å². The summed E-state index contributed by atoms with van der Waals surface area (Å²) in [5.41, 5.74) is 1.09. The van der Waals surface area contributed by atoms with Crippen molar-refractivity contribution in [3.05, 3.63) is 20.8 Å². The van der Waals surface area contributed by atoms with Crippen molar-refractivity contribution in [2.45, 2.75) is 46.1 Å². The summed E-state index contributed by atoms with van der Waals surface area (Å²) in [6.07, 6.45) is 3.56. The molecule has 3 unspecified atom stereocenters. The first kappa shape index (κ1) is 13.6. The first-order chi connectivity index (χ1) is 8.84. The Kier molecular flexibility index (Phi) is 3.10. The molecule has 4 heteroatoms. The smallest absolute Gasteiger partial charge is 0.339 e. The number of thiophene rings is 1. The van der Waals surface area contributed by atoms with Crippen LogP contribution in [-0.2, 0) is 4.74 Å². The van der Waals surface area contributed by atoms with Crippen LogP contribution in [0.25, 0.3) is 0 Å². The molecule has 0 aliphatic heterocycles. The summed E-state index contributed by atoms with van der Waals surface area (Å²) in [6.45, 7) is 6.96. The van der Waals surface area contributed by atoms with Crippen LogP contribution in [0, 0.1) is 16.7 Å². The van der Waals surface area contributed by atoms with Gasteiger partial charge in [-0.2, -0.15) is 0 Å². The number of halogens is 1. The standard InChI is InChI=1S/C15H19BrO2S/c1-14(2)10-4-5-15(14,3)11(7-10)18-13(17)9-6-12(16)19-8-9/h6,8,10-11H,4-5,7H2,1-3H3. The Balaban J connectivity index is 1.77. The van der Waals surface area contributed by atoms with Crippen LogP contribution in [-0.4, -0.2) is 12.1 Å². The zero-order chi connectivity index (χ0) is 13.8. The zero-order valence-electron chi connectivity index (χ0n) is 11.5. The third-order valence-corrected chi connectivity index (χ3v) is 7.27. The number of carbonyl (C=O) groups is 1. The number of hydrogen-bond donors (Lipinski definition) is 0. The fourth-order valence-corrected chi connectivity index (χ4v) is 5.05. The molecule has 2 saturated carbocycles. The minimum Gasteiger partial charge on any atom is -0.458 e. The van der Waals surface area contributed by atoms with Crippen molar-refractivity contribution >= 4 is 33.2 Å². The second-order valence-electron chi connectivity index (χ2n) is 6.64. The van der Waals surface area contributed by atoms with Gasteiger partial charge in [-0.25, -0.2) is 4.79 Å². The predicted molar refractivity (Wildman–Crippen MR) is 80.5 cm³/mol. The third-order valence-electron chi connectivity index (χ3n) is 5.77. The SMILES string of the molecule is CC1(C)C2CCC1(C)C(OC(=O)c1csc(Br)c1)C2. The van der Waals surface area contributed by atoms with Gasteiger partial charge < -0.3 is 4.74 Å². The van der Waals surface area contributed by atoms with E-state index in [0.29, 0.717) is 11.5 Å². The van der Waals surface area contributed by atoms with Crippen LogP contribution >= 0.6 is 27.3 Å². The molecule has 2 bridgehead atoms. The van der Waals surface area contributed by atoms with Crippen LogP contribution in [0.1, 0.15) is 50.4 Å². The maximum atomic E-state index is 12.2. The fraction of sp³-hybridized carbons (Fsp3) is 0.667. The average molecular weight is 343 g/mol. The molecule has 0 saturated heterocycles. The lowest BCUT2D eigenvalue weighted by atomic mass is 9.70. The van der Waals surface area contributed by atoms with E-state index in [1.807, 2.05) is 11.4 Å². The summed E-state index contributed by atoms with van der Waals surface area (Å²) in [6, 6.07) is 1.84. The molecule has 2 nitrogen and oxygen atoms in total. The Hall–Kier alpha value is -0.350. The molecule has 3 rings (SSSR count). The Bertz CT molecular complexity index is 522. The topological polar surface area (TPSA) is 26.3 Å². The maximum Gasteiger partial charge on any atom is 0.339 e. The van der Waals surface area contributed by atoms with E-state index < -0.39 is 0 Å². The molecule has 0 spiro atoms. The van der Waals surface area contributed by atoms with Crippen molar-refractivity contribution in [1.82, 2.24) is 0 Å². The van der Waals surface area contributed by atoms with Crippen molar-refractivity contribution in [1.29, 1.82) is 0 Å². The van der Waals surface area contributed by atoms with Crippen molar-refractivity contribution in [3.8, 4) is 0 Å². The highest BCUT2D eigenvalue weighted by Gasteiger charge is 2.62. The third kappa shape index (κ3) is 1.90. The van der Waals surface area contributed by atoms with Gasteiger partial charge >= 0.3 is 5.97 Å². The summed E-state index contributed by atoms with van der Waals surface area (Å²) in [4.78, 5) is 12.2. The van der Waals surface area contributed by atoms with Gasteiger partial charge in [-0.15, -0.1) is 11.3 Å². The number of esters is 1. The number of fused-ring (bicyclic) bond motifs is 2. The van der Waals surface area contributed by atoms with Gasteiger partial charge in [-0.05, 0) is 52.6 Å². The summed E-state index contributed by atoms with van der Waals surface area (Å²) in [7, 11) is 0. The van der Waals surface area contributed by atoms with Crippen molar-refractivity contribution in [2.75, 3.05) is 0 Å². The number of carbonyl (C=O) groups excluding carboxylic acids is 1. The molecule has 2 aliphatic carbocycles. The van der Waals surface area contributed by atoms with E-state index >= 15 is 0 Å². The fourth-order valence-electron chi connectivity index (χ4n) is 3.92. The van der Waals surface area contributed by atoms with Gasteiger partial charge in [0.05, 0.1) is 9.35 Å². The lowest BCUT2D eigenvalue weighted by Crippen LogP contribution is -2.38. The molecule has 19 heavy (non-hydrogen) atoms. The van der Waals surface area contributed by atoms with E-state index in [2.05, 4.69) is 36.7 Å². The molecule has 2 aliphatic rings. The Morgan fingerprint density at radius 3 is 2.68 bits per heavy atom. The van der Waals surface area contributed by atoms with E-state index in [-0.39, 0.29) is 22.9 Å². The molecular weight excluding hydrogens is 324 g/mol. The van der Waals surface area contributed by atoms with Crippen LogP contribution in [0.15, 0.2) is 15.2 Å². The van der Waals surface area contributed by atoms with E-state index in [0.717, 1.165) is 10.2 Å². The highest BCUT2D eigenvalue weighted by Crippen LogP contribution is 2.66. The van der Waals surface area contributed by atoms with Crippen molar-refractivity contribution in [2.24, 2.45) is 16.7 Å². The number of hydrogen-bond acceptors (Lipinski definition) is 3. The Morgan fingerprint density at radius 1 is 1.47 bits per heavy atom. The number of ether oxygens (including phenoxy) is 1. The van der Waals surface area contributed by atoms with Gasteiger partial charge in [-0.3, -0.25) is 0 Å². The zero-order valence-corrected chi connectivity index (χ0v) is 13.9. The summed E-state index contributed by atoms with van der Waals surface area (Å²) < 4.78 is 6.80. The molecule has 104 valence electrons. The largest absolute Gasteiger partial charge is 0.458 e. The summed E-state index contributed by atoms with van der Waals surface area (Å²) >= 11 is 4.91. The molecule has 1 aromatic rings. The predicted octanol–water partition coefficient (Wildman–Crippen LogP) is 4.88. The Morgan fingerprint density at radius 2 is 2.21 bits per heavy atom. The van der Waals surface area contributed by atoms with Crippen LogP contribution in [0.5, 0.6) is 0 Å². The lowest BCUT2D eigenvalue weighted by Gasteiger charge is -2.38. The molecule has 0 aromatic carbocycles. The normalized spacial score (nSPS) is 35.6. The second kappa shape index (κ2) is 4.32. The lowest BCUT2D eigenvalue weighted by molar-refractivity contribution is -0.0242. The highest BCUT2D eigenvalue weighted by molar-refractivity contribution is 9.11. The van der Waals surface area contributed by atoms with Crippen LogP contribution in [0.3, 0.4) is 0 Å². The van der Waals surface area contributed by atoms with Gasteiger partial charge in [0.15, 0.2) is 0 Å². The highest BCUT2D eigenvalue weighted by atomic mass is 79.9. The van der Waals surface area contributed by atoms with E-state index in [1.165, 1.54) is 24.2 Å². The van der Waals surface area contributed by atoms with Gasteiger partial charge in [-0.1, -0.05) is 20.8 Å². The maximum absolute atomic E-state index is 12.2. The van der Waals surface area contributed by atoms with Gasteiger partial charge in [0.2, 0.25) is 0 Å². The van der Waals surface area contributed by atoms with Crippen molar-refractivity contribution < 1.29 is 9.53 Å². The monoisotopic (exact) mass is 342 g/mol. The van der Waals surface area contributed by atoms with E-state index in [4.69, 9.17) is 4.74 Å². The quantitative estimate of drug-likeness (QED) is 0.715. The number of rotatable bonds is 2. The average Bonchev–Trinajstić information content (AvgIpc) is 2.91. The van der Waals surface area contributed by atoms with Gasteiger partial charge in [0.25, 0.3) is 0 Å². The summed E-state index contributed by atoms with van der Waals surface area (Å²) in [5, 5.41) is 1.85.